The van der Waals surface area contributed by atoms with Crippen molar-refractivity contribution < 1.29 is 14.3 Å². The lowest BCUT2D eigenvalue weighted by Crippen LogP contribution is -2.13. The second-order valence-electron chi connectivity index (χ2n) is 5.27. The maximum absolute atomic E-state index is 12.4. The van der Waals surface area contributed by atoms with E-state index in [1.165, 1.54) is 20.1 Å². The Morgan fingerprint density at radius 3 is 2.27 bits per heavy atom. The van der Waals surface area contributed by atoms with Crippen molar-refractivity contribution in [2.24, 2.45) is 0 Å². The fourth-order valence-electron chi connectivity index (χ4n) is 2.16. The van der Waals surface area contributed by atoms with Crippen LogP contribution < -0.4 is 15.4 Å². The molecule has 2 amide bonds. The molecule has 2 rings (SSSR count). The molecule has 6 nitrogen and oxygen atoms in total. The van der Waals surface area contributed by atoms with Gasteiger partial charge in [-0.15, -0.1) is 0 Å². The Kier molecular flexibility index (Phi) is 6.53. The topological polar surface area (TPSA) is 91.2 Å². The number of ether oxygens (including phenoxy) is 1. The van der Waals surface area contributed by atoms with Crippen molar-refractivity contribution in [3.63, 3.8) is 0 Å². The van der Waals surface area contributed by atoms with Gasteiger partial charge >= 0.3 is 0 Å². The van der Waals surface area contributed by atoms with Gasteiger partial charge in [-0.25, -0.2) is 0 Å². The van der Waals surface area contributed by atoms with E-state index >= 15 is 0 Å². The molecule has 0 bridgehead atoms. The third-order valence-electron chi connectivity index (χ3n) is 3.32. The molecule has 0 fully saturated rings. The molecule has 0 heterocycles. The van der Waals surface area contributed by atoms with Crippen LogP contribution in [0.15, 0.2) is 52.5 Å². The van der Waals surface area contributed by atoms with E-state index in [0.29, 0.717) is 22.7 Å². The van der Waals surface area contributed by atoms with Gasteiger partial charge < -0.3 is 15.4 Å². The smallest absolute Gasteiger partial charge is 0.266 e. The summed E-state index contributed by atoms with van der Waals surface area (Å²) in [6, 6.07) is 13.8. The molecule has 0 aromatic heterocycles. The molecule has 0 radical (unpaired) electrons. The first-order valence-corrected chi connectivity index (χ1v) is 8.36. The van der Waals surface area contributed by atoms with Crippen LogP contribution in [0.25, 0.3) is 6.08 Å². The molecule has 2 aromatic carbocycles. The molecule has 0 atom stereocenters. The molecule has 2 N–H and O–H groups in total. The van der Waals surface area contributed by atoms with E-state index < -0.39 is 5.91 Å². The number of anilines is 2. The molecule has 0 aliphatic carbocycles. The van der Waals surface area contributed by atoms with Gasteiger partial charge in [0.15, 0.2) is 0 Å². The highest BCUT2D eigenvalue weighted by Gasteiger charge is 2.12. The van der Waals surface area contributed by atoms with E-state index in [9.17, 15) is 14.9 Å². The molecule has 0 aliphatic heterocycles. The fraction of sp³-hybridized carbons (Fsp3) is 0.105. The third-order valence-corrected chi connectivity index (χ3v) is 3.81. The van der Waals surface area contributed by atoms with Crippen molar-refractivity contribution in [2.75, 3.05) is 17.7 Å². The Balaban J connectivity index is 2.20. The number of halogens is 1. The second-order valence-corrected chi connectivity index (χ2v) is 6.18. The van der Waals surface area contributed by atoms with Crippen LogP contribution in [0.2, 0.25) is 0 Å². The van der Waals surface area contributed by atoms with Crippen LogP contribution >= 0.6 is 15.9 Å². The summed E-state index contributed by atoms with van der Waals surface area (Å²) < 4.78 is 6.05. The quantitative estimate of drug-likeness (QED) is 0.572. The first-order valence-electron chi connectivity index (χ1n) is 7.57. The minimum absolute atomic E-state index is 0.0627. The highest BCUT2D eigenvalue weighted by atomic mass is 79.9. The van der Waals surface area contributed by atoms with Gasteiger partial charge in [0.1, 0.15) is 17.4 Å². The van der Waals surface area contributed by atoms with Crippen molar-refractivity contribution in [3.05, 3.63) is 58.1 Å². The monoisotopic (exact) mass is 413 g/mol. The number of benzene rings is 2. The Morgan fingerprint density at radius 1 is 1.12 bits per heavy atom. The van der Waals surface area contributed by atoms with Crippen LogP contribution in [0.5, 0.6) is 5.75 Å². The predicted octanol–water partition coefficient (Wildman–Crippen LogP) is 3.96. The van der Waals surface area contributed by atoms with E-state index in [1.807, 2.05) is 6.07 Å². The highest BCUT2D eigenvalue weighted by molar-refractivity contribution is 9.10. The number of methoxy groups -OCH3 is 1. The fourth-order valence-corrected chi connectivity index (χ4v) is 2.54. The number of nitrogens with one attached hydrogen (secondary N) is 2. The Morgan fingerprint density at radius 2 is 1.73 bits per heavy atom. The third kappa shape index (κ3) is 5.19. The molecule has 2 aromatic rings. The number of hydrogen-bond acceptors (Lipinski definition) is 4. The molecular formula is C19H16BrN3O3. The summed E-state index contributed by atoms with van der Waals surface area (Å²) in [5, 5.41) is 14.6. The van der Waals surface area contributed by atoms with Gasteiger partial charge in [0, 0.05) is 28.3 Å². The SMILES string of the molecule is COc1ccc(Br)cc1/C=C(\C#N)C(=O)Nc1ccc(NC(C)=O)cc1. The summed E-state index contributed by atoms with van der Waals surface area (Å²) in [5.74, 6) is -0.172. The van der Waals surface area contributed by atoms with E-state index in [-0.39, 0.29) is 11.5 Å². The van der Waals surface area contributed by atoms with Gasteiger partial charge in [-0.1, -0.05) is 15.9 Å². The van der Waals surface area contributed by atoms with Gasteiger partial charge in [-0.2, -0.15) is 5.26 Å². The van der Waals surface area contributed by atoms with E-state index in [4.69, 9.17) is 4.74 Å². The summed E-state index contributed by atoms with van der Waals surface area (Å²) >= 11 is 3.35. The van der Waals surface area contributed by atoms with Gasteiger partial charge in [0.2, 0.25) is 5.91 Å². The normalized spacial score (nSPS) is 10.6. The number of hydrogen-bond donors (Lipinski definition) is 2. The van der Waals surface area contributed by atoms with E-state index in [1.54, 1.807) is 42.5 Å². The van der Waals surface area contributed by atoms with Crippen LogP contribution in [0, 0.1) is 11.3 Å². The average Bonchev–Trinajstić information content (AvgIpc) is 2.61. The number of carbonyl (C=O) groups excluding carboxylic acids is 2. The van der Waals surface area contributed by atoms with Crippen LogP contribution in [0.4, 0.5) is 11.4 Å². The zero-order chi connectivity index (χ0) is 19.1. The Hall–Kier alpha value is -3.11. The predicted molar refractivity (Wildman–Crippen MR) is 104 cm³/mol. The molecule has 0 spiro atoms. The van der Waals surface area contributed by atoms with Gasteiger partial charge in [0.05, 0.1) is 7.11 Å². The van der Waals surface area contributed by atoms with Crippen LogP contribution in [-0.4, -0.2) is 18.9 Å². The first kappa shape index (κ1) is 19.2. The minimum atomic E-state index is -0.540. The average molecular weight is 414 g/mol. The lowest BCUT2D eigenvalue weighted by atomic mass is 10.1. The van der Waals surface area contributed by atoms with Crippen LogP contribution in [0.1, 0.15) is 12.5 Å². The van der Waals surface area contributed by atoms with Crippen LogP contribution in [-0.2, 0) is 9.59 Å². The number of amides is 2. The Bertz CT molecular complexity index is 899. The van der Waals surface area contributed by atoms with Crippen molar-refractivity contribution >= 4 is 45.2 Å². The highest BCUT2D eigenvalue weighted by Crippen LogP contribution is 2.25. The van der Waals surface area contributed by atoms with Crippen molar-refractivity contribution in [1.29, 1.82) is 5.26 Å². The van der Waals surface area contributed by atoms with Gasteiger partial charge in [-0.3, -0.25) is 9.59 Å². The molecule has 7 heteroatoms. The molecule has 0 unspecified atom stereocenters. The maximum atomic E-state index is 12.4. The van der Waals surface area contributed by atoms with Crippen molar-refractivity contribution in [3.8, 4) is 11.8 Å². The summed E-state index contributed by atoms with van der Waals surface area (Å²) in [7, 11) is 1.52. The largest absolute Gasteiger partial charge is 0.496 e. The number of rotatable bonds is 5. The lowest BCUT2D eigenvalue weighted by molar-refractivity contribution is -0.114. The summed E-state index contributed by atoms with van der Waals surface area (Å²) in [6.07, 6.45) is 1.46. The number of carbonyl (C=O) groups is 2. The van der Waals surface area contributed by atoms with Crippen LogP contribution in [0.3, 0.4) is 0 Å². The summed E-state index contributed by atoms with van der Waals surface area (Å²) in [5.41, 5.74) is 1.67. The standard InChI is InChI=1S/C19H16BrN3O3/c1-12(24)22-16-4-6-17(7-5-16)23-19(25)14(11-21)9-13-10-15(20)3-8-18(13)26-2/h3-10H,1-2H3,(H,22,24)(H,23,25)/b14-9+. The lowest BCUT2D eigenvalue weighted by Gasteiger charge is -2.08. The summed E-state index contributed by atoms with van der Waals surface area (Å²) in [6.45, 7) is 1.41. The molecule has 0 saturated carbocycles. The molecule has 0 aliphatic rings. The molecule has 132 valence electrons. The van der Waals surface area contributed by atoms with Gasteiger partial charge in [-0.05, 0) is 48.5 Å². The van der Waals surface area contributed by atoms with E-state index in [2.05, 4.69) is 26.6 Å². The second kappa shape index (κ2) is 8.83. The van der Waals surface area contributed by atoms with Crippen molar-refractivity contribution in [1.82, 2.24) is 0 Å². The van der Waals surface area contributed by atoms with Crippen molar-refractivity contribution in [2.45, 2.75) is 6.92 Å². The van der Waals surface area contributed by atoms with Gasteiger partial charge in [0.25, 0.3) is 5.91 Å². The Labute approximate surface area is 159 Å². The van der Waals surface area contributed by atoms with E-state index in [0.717, 1.165) is 4.47 Å². The summed E-state index contributed by atoms with van der Waals surface area (Å²) in [4.78, 5) is 23.4. The first-order chi connectivity index (χ1) is 12.4. The molecule has 26 heavy (non-hydrogen) atoms. The minimum Gasteiger partial charge on any atom is -0.496 e. The number of nitrogens with zero attached hydrogens (tertiary/aromatic N) is 1. The molecular weight excluding hydrogens is 398 g/mol. The molecule has 0 saturated heterocycles. The zero-order valence-corrected chi connectivity index (χ0v) is 15.8. The number of nitriles is 1. The maximum Gasteiger partial charge on any atom is 0.266 e. The zero-order valence-electron chi connectivity index (χ0n) is 14.2.